The molecule has 0 unspecified atom stereocenters. The van der Waals surface area contributed by atoms with Crippen LogP contribution in [0.2, 0.25) is 5.02 Å². The second-order valence-corrected chi connectivity index (χ2v) is 6.92. The van der Waals surface area contributed by atoms with Gasteiger partial charge in [-0.2, -0.15) is 0 Å². The Hall–Kier alpha value is -2.50. The van der Waals surface area contributed by atoms with Gasteiger partial charge in [0.2, 0.25) is 0 Å². The Kier molecular flexibility index (Phi) is 5.81. The van der Waals surface area contributed by atoms with Crippen LogP contribution in [-0.4, -0.2) is 16.7 Å². The molecule has 3 rings (SSSR count). The van der Waals surface area contributed by atoms with Crippen molar-refractivity contribution in [1.82, 2.24) is 4.57 Å². The fourth-order valence-corrected chi connectivity index (χ4v) is 3.37. The zero-order valence-electron chi connectivity index (χ0n) is 14.1. The van der Waals surface area contributed by atoms with Gasteiger partial charge in [-0.1, -0.05) is 35.9 Å². The van der Waals surface area contributed by atoms with Crippen LogP contribution in [0.3, 0.4) is 0 Å². The molecule has 1 heterocycles. The first-order chi connectivity index (χ1) is 12.6. The van der Waals surface area contributed by atoms with Crippen LogP contribution < -0.4 is 10.9 Å². The molecule has 0 atom stereocenters. The van der Waals surface area contributed by atoms with Crippen molar-refractivity contribution in [1.29, 1.82) is 0 Å². The lowest BCUT2D eigenvalue weighted by Crippen LogP contribution is -2.29. The third-order valence-electron chi connectivity index (χ3n) is 3.86. The molecule has 6 heteroatoms. The molecule has 0 radical (unpaired) electrons. The summed E-state index contributed by atoms with van der Waals surface area (Å²) in [5.41, 5.74) is 1.34. The van der Waals surface area contributed by atoms with Crippen molar-refractivity contribution < 1.29 is 4.79 Å². The number of hydrogen-bond donors (Lipinski definition) is 1. The number of anilines is 1. The number of aromatic nitrogens is 1. The van der Waals surface area contributed by atoms with E-state index in [2.05, 4.69) is 5.32 Å². The van der Waals surface area contributed by atoms with Crippen molar-refractivity contribution in [3.05, 3.63) is 93.4 Å². The summed E-state index contributed by atoms with van der Waals surface area (Å²) in [6.45, 7) is 0.349. The van der Waals surface area contributed by atoms with Gasteiger partial charge < -0.3 is 9.88 Å². The average Bonchev–Trinajstić information content (AvgIpc) is 2.64. The van der Waals surface area contributed by atoms with E-state index in [-0.39, 0.29) is 11.1 Å². The summed E-state index contributed by atoms with van der Waals surface area (Å²) < 4.78 is 1.50. The Morgan fingerprint density at radius 3 is 2.69 bits per heavy atom. The van der Waals surface area contributed by atoms with E-state index >= 15 is 0 Å². The van der Waals surface area contributed by atoms with E-state index in [1.165, 1.54) is 22.4 Å². The number of carbonyl (C=O) groups is 1. The molecule has 132 valence electrons. The topological polar surface area (TPSA) is 51.1 Å². The number of carbonyl (C=O) groups excluding carboxylic acids is 1. The fraction of sp³-hybridized carbons (Fsp3) is 0.100. The Morgan fingerprint density at radius 2 is 1.92 bits per heavy atom. The highest BCUT2D eigenvalue weighted by Gasteiger charge is 2.14. The van der Waals surface area contributed by atoms with Gasteiger partial charge in [0.15, 0.2) is 0 Å². The van der Waals surface area contributed by atoms with E-state index < -0.39 is 5.91 Å². The first-order valence-corrected chi connectivity index (χ1v) is 9.57. The monoisotopic (exact) mass is 384 g/mol. The highest BCUT2D eigenvalue weighted by molar-refractivity contribution is 7.98. The van der Waals surface area contributed by atoms with Gasteiger partial charge in [-0.15, -0.1) is 11.8 Å². The SMILES string of the molecule is CSc1ccccc1NC(=O)c1cccn(Cc2cccc(Cl)c2)c1=O. The van der Waals surface area contributed by atoms with Gasteiger partial charge in [-0.05, 0) is 48.2 Å². The van der Waals surface area contributed by atoms with Crippen molar-refractivity contribution in [2.24, 2.45) is 0 Å². The summed E-state index contributed by atoms with van der Waals surface area (Å²) in [5, 5.41) is 3.43. The molecular formula is C20H17ClN2O2S. The van der Waals surface area contributed by atoms with Crippen molar-refractivity contribution in [3.8, 4) is 0 Å². The van der Waals surface area contributed by atoms with Crippen LogP contribution in [0.4, 0.5) is 5.69 Å². The third-order valence-corrected chi connectivity index (χ3v) is 4.89. The first-order valence-electron chi connectivity index (χ1n) is 7.97. The summed E-state index contributed by atoms with van der Waals surface area (Å²) in [5.74, 6) is -0.419. The summed E-state index contributed by atoms with van der Waals surface area (Å²) in [6.07, 6.45) is 3.60. The number of benzene rings is 2. The van der Waals surface area contributed by atoms with Crippen molar-refractivity contribution in [2.45, 2.75) is 11.4 Å². The zero-order valence-corrected chi connectivity index (χ0v) is 15.7. The third kappa shape index (κ3) is 4.18. The Morgan fingerprint density at radius 1 is 1.12 bits per heavy atom. The van der Waals surface area contributed by atoms with E-state index in [9.17, 15) is 9.59 Å². The van der Waals surface area contributed by atoms with E-state index in [0.29, 0.717) is 17.3 Å². The maximum Gasteiger partial charge on any atom is 0.263 e. The molecule has 0 aliphatic carbocycles. The lowest BCUT2D eigenvalue weighted by atomic mass is 10.2. The van der Waals surface area contributed by atoms with Crippen molar-refractivity contribution >= 4 is 35.0 Å². The van der Waals surface area contributed by atoms with E-state index in [4.69, 9.17) is 11.6 Å². The molecule has 0 saturated heterocycles. The predicted molar refractivity (Wildman–Crippen MR) is 107 cm³/mol. The number of pyridine rings is 1. The molecule has 0 saturated carbocycles. The molecule has 0 spiro atoms. The molecule has 1 amide bonds. The summed E-state index contributed by atoms with van der Waals surface area (Å²) in [6, 6.07) is 18.0. The fourth-order valence-electron chi connectivity index (χ4n) is 2.60. The number of para-hydroxylation sites is 1. The molecule has 0 fully saturated rings. The Labute approximate surface area is 160 Å². The Bertz CT molecular complexity index is 1000. The van der Waals surface area contributed by atoms with Gasteiger partial charge in [-0.3, -0.25) is 9.59 Å². The van der Waals surface area contributed by atoms with Crippen LogP contribution in [0, 0.1) is 0 Å². The van der Waals surface area contributed by atoms with Crippen molar-refractivity contribution in [2.75, 3.05) is 11.6 Å². The quantitative estimate of drug-likeness (QED) is 0.658. The maximum atomic E-state index is 12.7. The van der Waals surface area contributed by atoms with E-state index in [1.807, 2.05) is 42.7 Å². The van der Waals surface area contributed by atoms with Crippen LogP contribution in [0.5, 0.6) is 0 Å². The predicted octanol–water partition coefficient (Wildman–Crippen LogP) is 4.52. The molecule has 0 aliphatic rings. The van der Waals surface area contributed by atoms with Crippen LogP contribution in [0.1, 0.15) is 15.9 Å². The van der Waals surface area contributed by atoms with Gasteiger partial charge in [0.05, 0.1) is 12.2 Å². The minimum absolute atomic E-state index is 0.102. The number of hydrogen-bond acceptors (Lipinski definition) is 3. The van der Waals surface area contributed by atoms with Gasteiger partial charge in [0.1, 0.15) is 5.56 Å². The van der Waals surface area contributed by atoms with E-state index in [1.54, 1.807) is 24.4 Å². The standard InChI is InChI=1S/C20H17ClN2O2S/c1-26-18-10-3-2-9-17(18)22-19(24)16-8-5-11-23(20(16)25)13-14-6-4-7-15(21)12-14/h2-12H,13H2,1H3,(H,22,24). The highest BCUT2D eigenvalue weighted by Crippen LogP contribution is 2.24. The summed E-state index contributed by atoms with van der Waals surface area (Å²) >= 11 is 7.53. The molecule has 1 N–H and O–H groups in total. The lowest BCUT2D eigenvalue weighted by Gasteiger charge is -2.11. The average molecular weight is 385 g/mol. The minimum Gasteiger partial charge on any atom is -0.321 e. The van der Waals surface area contributed by atoms with Crippen LogP contribution >= 0.6 is 23.4 Å². The number of rotatable bonds is 5. The maximum absolute atomic E-state index is 12.7. The zero-order chi connectivity index (χ0) is 18.5. The Balaban J connectivity index is 1.87. The number of nitrogens with one attached hydrogen (secondary N) is 1. The number of nitrogens with zero attached hydrogens (tertiary/aromatic N) is 1. The minimum atomic E-state index is -0.419. The molecule has 0 bridgehead atoms. The first kappa shape index (κ1) is 18.3. The molecular weight excluding hydrogens is 368 g/mol. The van der Waals surface area contributed by atoms with Crippen LogP contribution in [0.15, 0.2) is 76.6 Å². The van der Waals surface area contributed by atoms with Gasteiger partial charge in [0.25, 0.3) is 11.5 Å². The largest absolute Gasteiger partial charge is 0.321 e. The molecule has 0 aliphatic heterocycles. The van der Waals surface area contributed by atoms with Crippen molar-refractivity contribution in [3.63, 3.8) is 0 Å². The van der Waals surface area contributed by atoms with Crippen LogP contribution in [-0.2, 0) is 6.54 Å². The van der Waals surface area contributed by atoms with Gasteiger partial charge >= 0.3 is 0 Å². The van der Waals surface area contributed by atoms with Gasteiger partial charge in [0, 0.05) is 16.1 Å². The summed E-state index contributed by atoms with van der Waals surface area (Å²) in [4.78, 5) is 26.3. The molecule has 2 aromatic carbocycles. The molecule has 3 aromatic rings. The molecule has 1 aromatic heterocycles. The smallest absolute Gasteiger partial charge is 0.263 e. The highest BCUT2D eigenvalue weighted by atomic mass is 35.5. The van der Waals surface area contributed by atoms with E-state index in [0.717, 1.165) is 10.5 Å². The van der Waals surface area contributed by atoms with Crippen LogP contribution in [0.25, 0.3) is 0 Å². The molecule has 26 heavy (non-hydrogen) atoms. The lowest BCUT2D eigenvalue weighted by molar-refractivity contribution is 0.102. The number of thioether (sulfide) groups is 1. The van der Waals surface area contributed by atoms with Gasteiger partial charge in [-0.25, -0.2) is 0 Å². The molecule has 4 nitrogen and oxygen atoms in total. The summed E-state index contributed by atoms with van der Waals surface area (Å²) in [7, 11) is 0. The second-order valence-electron chi connectivity index (χ2n) is 5.64. The number of halogens is 1. The normalized spacial score (nSPS) is 10.5. The second kappa shape index (κ2) is 8.25. The number of amides is 1.